The Hall–Kier alpha value is -3.08. The number of amides is 1. The van der Waals surface area contributed by atoms with Gasteiger partial charge in [0.15, 0.2) is 0 Å². The van der Waals surface area contributed by atoms with Crippen LogP contribution < -0.4 is 5.32 Å². The maximum atomic E-state index is 13.8. The number of nitrogens with one attached hydrogen (secondary N) is 1. The van der Waals surface area contributed by atoms with Gasteiger partial charge in [0.2, 0.25) is 5.91 Å². The average Bonchev–Trinajstić information content (AvgIpc) is 3.21. The molecule has 2 aromatic carbocycles. The predicted octanol–water partition coefficient (Wildman–Crippen LogP) is 4.41. The molecule has 3 aromatic rings. The zero-order valence-corrected chi connectivity index (χ0v) is 16.5. The number of nitrogens with zero attached hydrogens (tertiary/aromatic N) is 2. The van der Waals surface area contributed by atoms with E-state index in [1.807, 2.05) is 54.4 Å². The number of likely N-dealkylation sites (tertiary alicyclic amines) is 1. The highest BCUT2D eigenvalue weighted by Crippen LogP contribution is 2.43. The molecule has 148 valence electrons. The van der Waals surface area contributed by atoms with Crippen molar-refractivity contribution in [2.75, 3.05) is 18.4 Å². The van der Waals surface area contributed by atoms with Gasteiger partial charge in [-0.2, -0.15) is 0 Å². The third-order valence-corrected chi connectivity index (χ3v) is 6.28. The van der Waals surface area contributed by atoms with E-state index in [1.165, 1.54) is 17.3 Å². The molecule has 1 aromatic heterocycles. The van der Waals surface area contributed by atoms with Gasteiger partial charge in [-0.1, -0.05) is 29.8 Å². The summed E-state index contributed by atoms with van der Waals surface area (Å²) >= 11 is 0. The van der Waals surface area contributed by atoms with E-state index in [0.29, 0.717) is 19.5 Å². The molecule has 0 atom stereocenters. The number of benzene rings is 2. The lowest BCUT2D eigenvalue weighted by molar-refractivity contribution is -0.132. The van der Waals surface area contributed by atoms with Gasteiger partial charge in [0.05, 0.1) is 23.3 Å². The minimum Gasteiger partial charge on any atom is -0.372 e. The molecule has 1 amide bonds. The summed E-state index contributed by atoms with van der Waals surface area (Å²) in [6, 6.07) is 17.2. The smallest absolute Gasteiger partial charge is 0.226 e. The lowest BCUT2D eigenvalue weighted by Crippen LogP contribution is -2.51. The van der Waals surface area contributed by atoms with Crippen molar-refractivity contribution >= 4 is 11.6 Å². The molecule has 1 fully saturated rings. The number of hydrogen-bond donors (Lipinski definition) is 1. The zero-order valence-electron chi connectivity index (χ0n) is 16.5. The lowest BCUT2D eigenvalue weighted by Gasteiger charge is -2.46. The van der Waals surface area contributed by atoms with Crippen LogP contribution in [-0.2, 0) is 16.8 Å². The summed E-state index contributed by atoms with van der Waals surface area (Å²) in [6.07, 6.45) is 4.06. The molecule has 0 unspecified atom stereocenters. The van der Waals surface area contributed by atoms with Crippen LogP contribution in [0.5, 0.6) is 0 Å². The van der Waals surface area contributed by atoms with Crippen molar-refractivity contribution in [1.29, 1.82) is 0 Å². The van der Waals surface area contributed by atoms with Crippen LogP contribution >= 0.6 is 0 Å². The molecular formula is C24H24FN3O. The maximum Gasteiger partial charge on any atom is 0.226 e. The van der Waals surface area contributed by atoms with Gasteiger partial charge in [-0.05, 0) is 55.7 Å². The summed E-state index contributed by atoms with van der Waals surface area (Å²) in [5.41, 5.74) is 4.94. The van der Waals surface area contributed by atoms with Crippen molar-refractivity contribution in [3.63, 3.8) is 0 Å². The third kappa shape index (κ3) is 3.11. The fraction of sp³-hybridized carbons (Fsp3) is 0.292. The van der Waals surface area contributed by atoms with E-state index >= 15 is 0 Å². The van der Waals surface area contributed by atoms with Crippen LogP contribution in [0.1, 0.15) is 29.7 Å². The normalized spacial score (nSPS) is 16.8. The molecule has 0 radical (unpaired) electrons. The van der Waals surface area contributed by atoms with E-state index in [-0.39, 0.29) is 17.3 Å². The second kappa shape index (κ2) is 6.76. The number of hydrogen-bond acceptors (Lipinski definition) is 2. The summed E-state index contributed by atoms with van der Waals surface area (Å²) in [5, 5.41) is 3.61. The topological polar surface area (TPSA) is 37.3 Å². The monoisotopic (exact) mass is 389 g/mol. The molecule has 4 nitrogen and oxygen atoms in total. The van der Waals surface area contributed by atoms with Gasteiger partial charge in [0, 0.05) is 25.0 Å². The average molecular weight is 389 g/mol. The van der Waals surface area contributed by atoms with Crippen molar-refractivity contribution < 1.29 is 9.18 Å². The molecule has 1 N–H and O–H groups in total. The SMILES string of the molecule is Cc1ccc(CC(=O)N2CCC3(CC2)Nc2cc(F)ccc2-n2cccc23)cc1. The fourth-order valence-electron chi connectivity index (χ4n) is 4.63. The summed E-state index contributed by atoms with van der Waals surface area (Å²) in [7, 11) is 0. The Bertz CT molecular complexity index is 1060. The van der Waals surface area contributed by atoms with E-state index < -0.39 is 0 Å². The Morgan fingerprint density at radius 3 is 2.62 bits per heavy atom. The number of rotatable bonds is 2. The first-order chi connectivity index (χ1) is 14.0. The van der Waals surface area contributed by atoms with Gasteiger partial charge in [-0.15, -0.1) is 0 Å². The van der Waals surface area contributed by atoms with Crippen LogP contribution in [0.25, 0.3) is 5.69 Å². The van der Waals surface area contributed by atoms with E-state index in [4.69, 9.17) is 0 Å². The van der Waals surface area contributed by atoms with Crippen LogP contribution in [0.4, 0.5) is 10.1 Å². The highest BCUT2D eigenvalue weighted by Gasteiger charge is 2.42. The van der Waals surface area contributed by atoms with Crippen LogP contribution in [0, 0.1) is 12.7 Å². The number of aromatic nitrogens is 1. The Kier molecular flexibility index (Phi) is 4.19. The second-order valence-corrected chi connectivity index (χ2v) is 8.18. The summed E-state index contributed by atoms with van der Waals surface area (Å²) in [6.45, 7) is 3.42. The van der Waals surface area contributed by atoms with Crippen LogP contribution in [0.15, 0.2) is 60.8 Å². The van der Waals surface area contributed by atoms with Crippen LogP contribution in [0.2, 0.25) is 0 Å². The van der Waals surface area contributed by atoms with Gasteiger partial charge in [0.1, 0.15) is 5.82 Å². The Balaban J connectivity index is 1.34. The molecule has 2 aliphatic rings. The molecule has 0 saturated carbocycles. The number of aryl methyl sites for hydroxylation is 1. The van der Waals surface area contributed by atoms with E-state index in [9.17, 15) is 9.18 Å². The number of carbonyl (C=O) groups excluding carboxylic acids is 1. The first-order valence-corrected chi connectivity index (χ1v) is 10.1. The van der Waals surface area contributed by atoms with Crippen molar-refractivity contribution in [3.05, 3.63) is 83.4 Å². The first kappa shape index (κ1) is 18.0. The molecule has 0 bridgehead atoms. The summed E-state index contributed by atoms with van der Waals surface area (Å²) in [5.74, 6) is -0.0749. The van der Waals surface area contributed by atoms with Gasteiger partial charge in [0.25, 0.3) is 0 Å². The largest absolute Gasteiger partial charge is 0.372 e. The zero-order chi connectivity index (χ0) is 20.0. The highest BCUT2D eigenvalue weighted by atomic mass is 19.1. The molecule has 29 heavy (non-hydrogen) atoms. The van der Waals surface area contributed by atoms with Gasteiger partial charge in [-0.3, -0.25) is 4.79 Å². The van der Waals surface area contributed by atoms with Crippen molar-refractivity contribution in [1.82, 2.24) is 9.47 Å². The number of anilines is 1. The van der Waals surface area contributed by atoms with Crippen molar-refractivity contribution in [3.8, 4) is 5.69 Å². The van der Waals surface area contributed by atoms with E-state index in [1.54, 1.807) is 6.07 Å². The Morgan fingerprint density at radius 2 is 1.86 bits per heavy atom. The summed E-state index contributed by atoms with van der Waals surface area (Å²) in [4.78, 5) is 14.8. The quantitative estimate of drug-likeness (QED) is 0.705. The predicted molar refractivity (Wildman–Crippen MR) is 112 cm³/mol. The van der Waals surface area contributed by atoms with Gasteiger partial charge < -0.3 is 14.8 Å². The van der Waals surface area contributed by atoms with E-state index in [2.05, 4.69) is 16.0 Å². The number of halogens is 1. The Morgan fingerprint density at radius 1 is 1.10 bits per heavy atom. The lowest BCUT2D eigenvalue weighted by atomic mass is 9.82. The van der Waals surface area contributed by atoms with Gasteiger partial charge >= 0.3 is 0 Å². The number of fused-ring (bicyclic) bond motifs is 4. The highest BCUT2D eigenvalue weighted by molar-refractivity contribution is 5.79. The minimum atomic E-state index is -0.273. The van der Waals surface area contributed by atoms with Crippen molar-refractivity contribution in [2.24, 2.45) is 0 Å². The summed E-state index contributed by atoms with van der Waals surface area (Å²) < 4.78 is 16.0. The molecular weight excluding hydrogens is 365 g/mol. The molecule has 5 heteroatoms. The maximum absolute atomic E-state index is 13.8. The van der Waals surface area contributed by atoms with E-state index in [0.717, 1.165) is 29.8 Å². The van der Waals surface area contributed by atoms with Crippen LogP contribution in [0.3, 0.4) is 0 Å². The van der Waals surface area contributed by atoms with Gasteiger partial charge in [-0.25, -0.2) is 4.39 Å². The molecule has 3 heterocycles. The molecule has 1 saturated heterocycles. The number of carbonyl (C=O) groups is 1. The minimum absolute atomic E-state index is 0.168. The Labute approximate surface area is 170 Å². The standard InChI is InChI=1S/C24H24FN3O/c1-17-4-6-18(7-5-17)15-23(29)27-13-10-24(11-14-27)22-3-2-12-28(22)21-9-8-19(25)16-20(21)26-24/h2-9,12,16,26H,10-11,13-15H2,1H3. The van der Waals surface area contributed by atoms with Crippen LogP contribution in [-0.4, -0.2) is 28.5 Å². The third-order valence-electron chi connectivity index (χ3n) is 6.28. The molecule has 0 aliphatic carbocycles. The molecule has 2 aliphatic heterocycles. The first-order valence-electron chi connectivity index (χ1n) is 10.1. The second-order valence-electron chi connectivity index (χ2n) is 8.18. The molecule has 1 spiro atoms. The number of piperidine rings is 1. The van der Waals surface area contributed by atoms with Crippen molar-refractivity contribution in [2.45, 2.75) is 31.7 Å². The fourth-order valence-corrected chi connectivity index (χ4v) is 4.63. The molecule has 5 rings (SSSR count).